The predicted octanol–water partition coefficient (Wildman–Crippen LogP) is 2.56. The van der Waals surface area contributed by atoms with E-state index in [1.54, 1.807) is 0 Å². The van der Waals surface area contributed by atoms with E-state index in [1.807, 2.05) is 13.8 Å². The summed E-state index contributed by atoms with van der Waals surface area (Å²) in [7, 11) is 0. The lowest BCUT2D eigenvalue weighted by Gasteiger charge is -2.25. The molecule has 6 nitrogen and oxygen atoms in total. The van der Waals surface area contributed by atoms with Gasteiger partial charge in [0.05, 0.1) is 6.33 Å². The lowest BCUT2D eigenvalue weighted by molar-refractivity contribution is -0.119. The highest BCUT2D eigenvalue weighted by atomic mass is 19.4. The Hall–Kier alpha value is -2.06. The van der Waals surface area contributed by atoms with E-state index in [4.69, 9.17) is 0 Å². The monoisotopic (exact) mass is 302 g/mol. The number of hydrogen-bond donors (Lipinski definition) is 2. The molecule has 0 bridgehead atoms. The summed E-state index contributed by atoms with van der Waals surface area (Å²) in [4.78, 5) is 16.4. The molecule has 2 heterocycles. The maximum Gasteiger partial charge on any atom is 0.405 e. The zero-order chi connectivity index (χ0) is 15.5. The van der Waals surface area contributed by atoms with Gasteiger partial charge in [0.25, 0.3) is 0 Å². The normalized spacial score (nSPS) is 11.9. The van der Waals surface area contributed by atoms with Gasteiger partial charge in [-0.3, -0.25) is 0 Å². The molecule has 0 radical (unpaired) electrons. The Morgan fingerprint density at radius 1 is 1.29 bits per heavy atom. The van der Waals surface area contributed by atoms with Crippen LogP contribution in [0.1, 0.15) is 20.3 Å². The zero-order valence-electron chi connectivity index (χ0n) is 11.8. The molecule has 0 spiro atoms. The van der Waals surface area contributed by atoms with Crippen LogP contribution in [0.3, 0.4) is 0 Å². The van der Waals surface area contributed by atoms with Crippen molar-refractivity contribution in [2.24, 2.45) is 0 Å². The number of rotatable bonds is 6. The first-order valence-electron chi connectivity index (χ1n) is 6.71. The van der Waals surface area contributed by atoms with Gasteiger partial charge in [-0.1, -0.05) is 6.92 Å². The van der Waals surface area contributed by atoms with Gasteiger partial charge in [0, 0.05) is 13.1 Å². The first-order valence-corrected chi connectivity index (χ1v) is 6.71. The van der Waals surface area contributed by atoms with Crippen molar-refractivity contribution < 1.29 is 13.2 Å². The van der Waals surface area contributed by atoms with Gasteiger partial charge < -0.3 is 15.2 Å². The van der Waals surface area contributed by atoms with Crippen LogP contribution < -0.4 is 10.2 Å². The molecule has 0 aliphatic heterocycles. The van der Waals surface area contributed by atoms with E-state index < -0.39 is 12.7 Å². The maximum absolute atomic E-state index is 12.8. The average Bonchev–Trinajstić information content (AvgIpc) is 2.84. The topological polar surface area (TPSA) is 69.7 Å². The molecule has 0 unspecified atom stereocenters. The smallest absolute Gasteiger partial charge is 0.354 e. The zero-order valence-corrected chi connectivity index (χ0v) is 11.8. The van der Waals surface area contributed by atoms with Crippen molar-refractivity contribution in [1.82, 2.24) is 19.9 Å². The van der Waals surface area contributed by atoms with Crippen molar-refractivity contribution >= 4 is 22.9 Å². The van der Waals surface area contributed by atoms with Crippen LogP contribution in [0.2, 0.25) is 0 Å². The molecule has 0 fully saturated rings. The van der Waals surface area contributed by atoms with Crippen molar-refractivity contribution in [3.63, 3.8) is 0 Å². The van der Waals surface area contributed by atoms with E-state index in [0.29, 0.717) is 24.1 Å². The maximum atomic E-state index is 12.8. The van der Waals surface area contributed by atoms with Crippen molar-refractivity contribution in [2.45, 2.75) is 26.4 Å². The van der Waals surface area contributed by atoms with Crippen LogP contribution >= 0.6 is 0 Å². The molecule has 0 aliphatic rings. The molecular formula is C12H17F3N6. The minimum atomic E-state index is -4.30. The lowest BCUT2D eigenvalue weighted by Crippen LogP contribution is -2.35. The van der Waals surface area contributed by atoms with Crippen LogP contribution in [-0.4, -0.2) is 45.7 Å². The van der Waals surface area contributed by atoms with E-state index >= 15 is 0 Å². The van der Waals surface area contributed by atoms with Gasteiger partial charge in [0.1, 0.15) is 12.1 Å². The van der Waals surface area contributed by atoms with Gasteiger partial charge >= 0.3 is 6.18 Å². The van der Waals surface area contributed by atoms with Crippen LogP contribution in [0.15, 0.2) is 6.33 Å². The molecule has 9 heteroatoms. The third-order valence-electron chi connectivity index (χ3n) is 2.76. The van der Waals surface area contributed by atoms with Crippen LogP contribution in [0.4, 0.5) is 24.9 Å². The largest absolute Gasteiger partial charge is 0.405 e. The lowest BCUT2D eigenvalue weighted by atomic mass is 10.3. The highest BCUT2D eigenvalue weighted by Crippen LogP contribution is 2.26. The molecule has 0 amide bonds. The van der Waals surface area contributed by atoms with Crippen LogP contribution in [-0.2, 0) is 0 Å². The van der Waals surface area contributed by atoms with E-state index in [0.717, 1.165) is 0 Å². The second-order valence-corrected chi connectivity index (χ2v) is 4.54. The Labute approximate surface area is 119 Å². The third kappa shape index (κ3) is 3.73. The number of alkyl halides is 3. The van der Waals surface area contributed by atoms with E-state index in [-0.39, 0.29) is 18.3 Å². The highest BCUT2D eigenvalue weighted by Gasteiger charge is 2.32. The Morgan fingerprint density at radius 2 is 2.05 bits per heavy atom. The van der Waals surface area contributed by atoms with Crippen LogP contribution in [0.5, 0.6) is 0 Å². The second kappa shape index (κ2) is 6.15. The van der Waals surface area contributed by atoms with Crippen molar-refractivity contribution in [3.8, 4) is 0 Å². The molecule has 2 aromatic rings. The Morgan fingerprint density at radius 3 is 2.67 bits per heavy atom. The van der Waals surface area contributed by atoms with Crippen molar-refractivity contribution in [1.29, 1.82) is 0 Å². The Balaban J connectivity index is 2.46. The summed E-state index contributed by atoms with van der Waals surface area (Å²) in [5.74, 6) is 0.489. The molecule has 0 saturated carbocycles. The van der Waals surface area contributed by atoms with Gasteiger partial charge in [-0.25, -0.2) is 4.98 Å². The first kappa shape index (κ1) is 15.3. The van der Waals surface area contributed by atoms with Gasteiger partial charge in [-0.2, -0.15) is 23.1 Å². The molecule has 0 saturated heterocycles. The fraction of sp³-hybridized carbons (Fsp3) is 0.583. The summed E-state index contributed by atoms with van der Waals surface area (Å²) in [5, 5.41) is 2.91. The molecule has 2 aromatic heterocycles. The fourth-order valence-corrected chi connectivity index (χ4v) is 2.03. The number of halogens is 3. The summed E-state index contributed by atoms with van der Waals surface area (Å²) in [6, 6.07) is 0. The number of hydrogen-bond acceptors (Lipinski definition) is 5. The number of anilines is 2. The van der Waals surface area contributed by atoms with Crippen LogP contribution in [0.25, 0.3) is 11.2 Å². The Bertz CT molecular complexity index is 594. The number of H-pyrrole nitrogens is 1. The molecular weight excluding hydrogens is 285 g/mol. The third-order valence-corrected chi connectivity index (χ3v) is 2.76. The van der Waals surface area contributed by atoms with Crippen molar-refractivity contribution in [2.75, 3.05) is 29.9 Å². The van der Waals surface area contributed by atoms with Gasteiger partial charge in [0.2, 0.25) is 5.95 Å². The molecule has 0 aliphatic carbocycles. The second-order valence-electron chi connectivity index (χ2n) is 4.54. The summed E-state index contributed by atoms with van der Waals surface area (Å²) in [6.07, 6.45) is -2.33. The number of imidazole rings is 1. The summed E-state index contributed by atoms with van der Waals surface area (Å²) in [5.41, 5.74) is 0.758. The van der Waals surface area contributed by atoms with E-state index in [2.05, 4.69) is 25.3 Å². The number of nitrogens with one attached hydrogen (secondary N) is 2. The minimum absolute atomic E-state index is 0.215. The summed E-state index contributed by atoms with van der Waals surface area (Å²) in [6.45, 7) is 3.44. The minimum Gasteiger partial charge on any atom is -0.354 e. The predicted molar refractivity (Wildman–Crippen MR) is 74.4 cm³/mol. The standard InChI is InChI=1S/C12H17F3N6/c1-3-5-21(6-12(13,14)15)10-8-9(18-7-17-8)19-11(20-10)16-4-2/h7H,3-6H2,1-2H3,(H2,16,17,18,19,20). The summed E-state index contributed by atoms with van der Waals surface area (Å²) < 4.78 is 38.3. The molecule has 0 atom stereocenters. The van der Waals surface area contributed by atoms with E-state index in [1.165, 1.54) is 11.2 Å². The number of aromatic amines is 1. The van der Waals surface area contributed by atoms with Gasteiger partial charge in [-0.15, -0.1) is 0 Å². The Kier molecular flexibility index (Phi) is 4.49. The molecule has 2 N–H and O–H groups in total. The van der Waals surface area contributed by atoms with Crippen LogP contribution in [0, 0.1) is 0 Å². The quantitative estimate of drug-likeness (QED) is 0.858. The van der Waals surface area contributed by atoms with E-state index in [9.17, 15) is 13.2 Å². The molecule has 116 valence electrons. The highest BCUT2D eigenvalue weighted by molar-refractivity contribution is 5.84. The molecule has 2 rings (SSSR count). The number of fused-ring (bicyclic) bond motifs is 1. The number of nitrogens with zero attached hydrogens (tertiary/aromatic N) is 4. The summed E-state index contributed by atoms with van der Waals surface area (Å²) >= 11 is 0. The number of aromatic nitrogens is 4. The fourth-order valence-electron chi connectivity index (χ4n) is 2.03. The molecule has 0 aromatic carbocycles. The first-order chi connectivity index (χ1) is 9.94. The van der Waals surface area contributed by atoms with Gasteiger partial charge in [0.15, 0.2) is 11.5 Å². The average molecular weight is 302 g/mol. The van der Waals surface area contributed by atoms with Crippen molar-refractivity contribution in [3.05, 3.63) is 6.33 Å². The molecule has 21 heavy (non-hydrogen) atoms. The van der Waals surface area contributed by atoms with Gasteiger partial charge in [-0.05, 0) is 13.3 Å². The SMILES string of the molecule is CCCN(CC(F)(F)F)c1nc(NCC)nc2nc[nH]c12.